The predicted molar refractivity (Wildman–Crippen MR) is 104 cm³/mol. The topological polar surface area (TPSA) is 106 Å². The predicted octanol–water partition coefficient (Wildman–Crippen LogP) is 2.45. The highest BCUT2D eigenvalue weighted by Gasteiger charge is 2.17. The van der Waals surface area contributed by atoms with Crippen molar-refractivity contribution >= 4 is 27.3 Å². The molecule has 2 N–H and O–H groups in total. The van der Waals surface area contributed by atoms with E-state index >= 15 is 0 Å². The number of rotatable bonds is 6. The number of sulfonamides is 1. The third kappa shape index (κ3) is 4.50. The highest BCUT2D eigenvalue weighted by atomic mass is 32.2. The first-order valence-corrected chi connectivity index (χ1v) is 10.1. The number of nitrogens with one attached hydrogen (secondary N) is 2. The van der Waals surface area contributed by atoms with E-state index < -0.39 is 10.0 Å². The molecule has 0 aliphatic carbocycles. The second kappa shape index (κ2) is 7.58. The molecule has 1 aromatic carbocycles. The number of amides is 1. The lowest BCUT2D eigenvalue weighted by Gasteiger charge is -2.09. The van der Waals surface area contributed by atoms with Gasteiger partial charge in [-0.2, -0.15) is 5.10 Å². The molecule has 0 aliphatic rings. The largest absolute Gasteiger partial charge is 0.322 e. The standard InChI is InChI=1S/C18H19N5O3S/c1-3-16-15(12-20-23(16)17-6-4-5-11-19-17)18(24)21-13-7-9-14(10-8-13)22-27(2,25)26/h4-12,22H,3H2,1-2H3,(H,21,24). The number of carbonyl (C=O) groups excluding carboxylic acids is 1. The van der Waals surface area contributed by atoms with Gasteiger partial charge in [0.1, 0.15) is 0 Å². The van der Waals surface area contributed by atoms with E-state index in [-0.39, 0.29) is 5.91 Å². The summed E-state index contributed by atoms with van der Waals surface area (Å²) in [6.45, 7) is 1.94. The minimum atomic E-state index is -3.34. The van der Waals surface area contributed by atoms with Crippen molar-refractivity contribution in [1.29, 1.82) is 0 Å². The number of nitrogens with zero attached hydrogens (tertiary/aromatic N) is 3. The molecule has 0 atom stereocenters. The quantitative estimate of drug-likeness (QED) is 0.678. The van der Waals surface area contributed by atoms with Crippen molar-refractivity contribution in [1.82, 2.24) is 14.8 Å². The van der Waals surface area contributed by atoms with Gasteiger partial charge >= 0.3 is 0 Å². The summed E-state index contributed by atoms with van der Waals surface area (Å²) >= 11 is 0. The lowest BCUT2D eigenvalue weighted by molar-refractivity contribution is 0.102. The van der Waals surface area contributed by atoms with Gasteiger partial charge in [-0.25, -0.2) is 18.1 Å². The van der Waals surface area contributed by atoms with Crippen LogP contribution >= 0.6 is 0 Å². The number of hydrogen-bond acceptors (Lipinski definition) is 5. The molecule has 0 saturated carbocycles. The van der Waals surface area contributed by atoms with Gasteiger partial charge in [0.25, 0.3) is 5.91 Å². The molecule has 0 aliphatic heterocycles. The first kappa shape index (κ1) is 18.6. The third-order valence-electron chi connectivity index (χ3n) is 3.76. The Labute approximate surface area is 157 Å². The molecule has 3 aromatic rings. The molecule has 0 fully saturated rings. The summed E-state index contributed by atoms with van der Waals surface area (Å²) in [4.78, 5) is 16.9. The zero-order chi connectivity index (χ0) is 19.4. The van der Waals surface area contributed by atoms with Crippen LogP contribution < -0.4 is 10.0 Å². The van der Waals surface area contributed by atoms with Crippen LogP contribution in [0.2, 0.25) is 0 Å². The van der Waals surface area contributed by atoms with E-state index in [9.17, 15) is 13.2 Å². The monoisotopic (exact) mass is 385 g/mol. The van der Waals surface area contributed by atoms with Gasteiger partial charge in [-0.3, -0.25) is 9.52 Å². The molecular formula is C18H19N5O3S. The van der Waals surface area contributed by atoms with Crippen molar-refractivity contribution in [3.63, 3.8) is 0 Å². The first-order chi connectivity index (χ1) is 12.9. The Bertz CT molecular complexity index is 1040. The zero-order valence-corrected chi connectivity index (χ0v) is 15.7. The fourth-order valence-electron chi connectivity index (χ4n) is 2.61. The molecule has 0 saturated heterocycles. The van der Waals surface area contributed by atoms with Crippen molar-refractivity contribution in [3.8, 4) is 5.82 Å². The summed E-state index contributed by atoms with van der Waals surface area (Å²) in [5.41, 5.74) is 2.18. The summed E-state index contributed by atoms with van der Waals surface area (Å²) in [6.07, 6.45) is 4.87. The van der Waals surface area contributed by atoms with Crippen molar-refractivity contribution in [2.45, 2.75) is 13.3 Å². The van der Waals surface area contributed by atoms with Gasteiger partial charge in [-0.1, -0.05) is 13.0 Å². The van der Waals surface area contributed by atoms with Crippen molar-refractivity contribution in [2.24, 2.45) is 0 Å². The Balaban J connectivity index is 1.80. The van der Waals surface area contributed by atoms with E-state index in [2.05, 4.69) is 20.1 Å². The van der Waals surface area contributed by atoms with Crippen LogP contribution in [0.15, 0.2) is 54.9 Å². The minimum Gasteiger partial charge on any atom is -0.322 e. The minimum absolute atomic E-state index is 0.294. The number of anilines is 2. The molecule has 0 unspecified atom stereocenters. The average Bonchev–Trinajstić information content (AvgIpc) is 3.07. The molecule has 0 bridgehead atoms. The number of hydrogen-bond donors (Lipinski definition) is 2. The second-order valence-corrected chi connectivity index (χ2v) is 7.61. The highest BCUT2D eigenvalue weighted by Crippen LogP contribution is 2.18. The number of aromatic nitrogens is 3. The van der Waals surface area contributed by atoms with Gasteiger partial charge in [0.05, 0.1) is 23.7 Å². The molecule has 0 spiro atoms. The van der Waals surface area contributed by atoms with Gasteiger partial charge in [0.2, 0.25) is 10.0 Å². The summed E-state index contributed by atoms with van der Waals surface area (Å²) in [5.74, 6) is 0.349. The molecule has 3 rings (SSSR count). The maximum Gasteiger partial charge on any atom is 0.259 e. The van der Waals surface area contributed by atoms with Crippen LogP contribution in [0.4, 0.5) is 11.4 Å². The molecule has 0 radical (unpaired) electrons. The molecule has 9 heteroatoms. The summed E-state index contributed by atoms with van der Waals surface area (Å²) < 4.78 is 26.5. The van der Waals surface area contributed by atoms with E-state index in [1.807, 2.05) is 25.1 Å². The Hall–Kier alpha value is -3.20. The Kier molecular flexibility index (Phi) is 5.22. The Morgan fingerprint density at radius 2 is 1.81 bits per heavy atom. The average molecular weight is 385 g/mol. The number of benzene rings is 1. The van der Waals surface area contributed by atoms with Crippen molar-refractivity contribution in [3.05, 3.63) is 66.1 Å². The van der Waals surface area contributed by atoms with Crippen LogP contribution in [0.3, 0.4) is 0 Å². The van der Waals surface area contributed by atoms with Crippen LogP contribution in [-0.4, -0.2) is 35.3 Å². The van der Waals surface area contributed by atoms with E-state index in [4.69, 9.17) is 0 Å². The third-order valence-corrected chi connectivity index (χ3v) is 4.37. The molecule has 8 nitrogen and oxygen atoms in total. The van der Waals surface area contributed by atoms with Gasteiger partial charge in [-0.05, 0) is 42.8 Å². The molecule has 140 valence electrons. The van der Waals surface area contributed by atoms with E-state index in [1.165, 1.54) is 6.20 Å². The van der Waals surface area contributed by atoms with Gasteiger partial charge in [0, 0.05) is 17.6 Å². The molecule has 2 aromatic heterocycles. The summed E-state index contributed by atoms with van der Waals surface area (Å²) in [7, 11) is -3.34. The van der Waals surface area contributed by atoms with Crippen LogP contribution in [0, 0.1) is 0 Å². The Morgan fingerprint density at radius 3 is 2.41 bits per heavy atom. The van der Waals surface area contributed by atoms with Crippen LogP contribution in [-0.2, 0) is 16.4 Å². The van der Waals surface area contributed by atoms with Crippen LogP contribution in [0.25, 0.3) is 5.82 Å². The molecule has 2 heterocycles. The highest BCUT2D eigenvalue weighted by molar-refractivity contribution is 7.92. The molecular weight excluding hydrogens is 366 g/mol. The van der Waals surface area contributed by atoms with Gasteiger partial charge in [-0.15, -0.1) is 0 Å². The fourth-order valence-corrected chi connectivity index (χ4v) is 3.18. The second-order valence-electron chi connectivity index (χ2n) is 5.86. The lowest BCUT2D eigenvalue weighted by Crippen LogP contribution is -2.15. The summed E-state index contributed by atoms with van der Waals surface area (Å²) in [6, 6.07) is 11.9. The van der Waals surface area contributed by atoms with Crippen molar-refractivity contribution < 1.29 is 13.2 Å². The SMILES string of the molecule is CCc1c(C(=O)Nc2ccc(NS(C)(=O)=O)cc2)cnn1-c1ccccn1. The number of pyridine rings is 1. The van der Waals surface area contributed by atoms with E-state index in [0.29, 0.717) is 29.2 Å². The normalized spacial score (nSPS) is 11.2. The Morgan fingerprint density at radius 1 is 1.11 bits per heavy atom. The fraction of sp³-hybridized carbons (Fsp3) is 0.167. The maximum atomic E-state index is 12.7. The van der Waals surface area contributed by atoms with E-state index in [1.54, 1.807) is 35.1 Å². The summed E-state index contributed by atoms with van der Waals surface area (Å²) in [5, 5.41) is 7.09. The van der Waals surface area contributed by atoms with Gasteiger partial charge < -0.3 is 5.32 Å². The maximum absolute atomic E-state index is 12.7. The molecule has 1 amide bonds. The van der Waals surface area contributed by atoms with Gasteiger partial charge in [0.15, 0.2) is 5.82 Å². The van der Waals surface area contributed by atoms with Crippen LogP contribution in [0.5, 0.6) is 0 Å². The van der Waals surface area contributed by atoms with Crippen molar-refractivity contribution in [2.75, 3.05) is 16.3 Å². The first-order valence-electron chi connectivity index (χ1n) is 8.25. The lowest BCUT2D eigenvalue weighted by atomic mass is 10.2. The zero-order valence-electron chi connectivity index (χ0n) is 14.9. The number of carbonyl (C=O) groups is 1. The molecule has 27 heavy (non-hydrogen) atoms. The van der Waals surface area contributed by atoms with E-state index in [0.717, 1.165) is 11.9 Å². The smallest absolute Gasteiger partial charge is 0.259 e. The van der Waals surface area contributed by atoms with Crippen LogP contribution in [0.1, 0.15) is 23.0 Å².